The van der Waals surface area contributed by atoms with Gasteiger partial charge in [-0.3, -0.25) is 4.79 Å². The lowest BCUT2D eigenvalue weighted by atomic mass is 10.2. The van der Waals surface area contributed by atoms with Gasteiger partial charge in [0, 0.05) is 23.1 Å². The van der Waals surface area contributed by atoms with Crippen LogP contribution in [0.3, 0.4) is 0 Å². The van der Waals surface area contributed by atoms with Gasteiger partial charge in [0.15, 0.2) is 5.13 Å². The first-order chi connectivity index (χ1) is 10.1. The molecule has 3 rings (SSSR count). The summed E-state index contributed by atoms with van der Waals surface area (Å²) in [6.07, 6.45) is 2.64. The Kier molecular flexibility index (Phi) is 3.50. The Balaban J connectivity index is 1.71. The molecule has 21 heavy (non-hydrogen) atoms. The van der Waals surface area contributed by atoms with Crippen molar-refractivity contribution in [3.05, 3.63) is 23.3 Å². The average Bonchev–Trinajstić information content (AvgIpc) is 2.90. The molecular formula is C14H15N3O3S. The summed E-state index contributed by atoms with van der Waals surface area (Å²) in [4.78, 5) is 30.5. The summed E-state index contributed by atoms with van der Waals surface area (Å²) < 4.78 is 4.64. The van der Waals surface area contributed by atoms with Crippen LogP contribution in [0.25, 0.3) is 11.3 Å². The van der Waals surface area contributed by atoms with Gasteiger partial charge < -0.3 is 15.0 Å². The second kappa shape index (κ2) is 5.33. The van der Waals surface area contributed by atoms with Gasteiger partial charge in [-0.2, -0.15) is 0 Å². The van der Waals surface area contributed by atoms with Crippen LogP contribution < -0.4 is 5.32 Å². The van der Waals surface area contributed by atoms with Gasteiger partial charge in [-0.15, -0.1) is 11.3 Å². The first-order valence-electron chi connectivity index (χ1n) is 6.62. The summed E-state index contributed by atoms with van der Waals surface area (Å²) in [6.45, 7) is 2.06. The zero-order valence-electron chi connectivity index (χ0n) is 11.7. The van der Waals surface area contributed by atoms with Crippen LogP contribution in [0.1, 0.15) is 23.8 Å². The van der Waals surface area contributed by atoms with E-state index >= 15 is 0 Å². The van der Waals surface area contributed by atoms with Gasteiger partial charge in [0.1, 0.15) is 5.69 Å². The minimum Gasteiger partial charge on any atom is -0.464 e. The zero-order valence-corrected chi connectivity index (χ0v) is 12.5. The van der Waals surface area contributed by atoms with E-state index in [1.807, 2.05) is 5.38 Å². The minimum atomic E-state index is -0.423. The molecule has 7 heteroatoms. The second-order valence-corrected chi connectivity index (χ2v) is 6.00. The summed E-state index contributed by atoms with van der Waals surface area (Å²) in [6, 6.07) is 1.68. The fraction of sp³-hybridized carbons (Fsp3) is 0.357. The van der Waals surface area contributed by atoms with E-state index in [9.17, 15) is 9.59 Å². The number of ether oxygens (including phenoxy) is 1. The summed E-state index contributed by atoms with van der Waals surface area (Å²) in [7, 11) is 1.33. The molecule has 0 aliphatic heterocycles. The number of anilines is 1. The van der Waals surface area contributed by atoms with E-state index < -0.39 is 5.97 Å². The van der Waals surface area contributed by atoms with Crippen LogP contribution in [0.15, 0.2) is 17.6 Å². The van der Waals surface area contributed by atoms with Crippen LogP contribution >= 0.6 is 11.3 Å². The van der Waals surface area contributed by atoms with E-state index in [4.69, 9.17) is 0 Å². The molecule has 1 fully saturated rings. The molecule has 0 saturated heterocycles. The average molecular weight is 305 g/mol. The van der Waals surface area contributed by atoms with Crippen molar-refractivity contribution in [1.82, 2.24) is 9.97 Å². The summed E-state index contributed by atoms with van der Waals surface area (Å²) in [5.41, 5.74) is 1.87. The number of nitrogens with one attached hydrogen (secondary N) is 2. The Morgan fingerprint density at radius 3 is 2.95 bits per heavy atom. The Hall–Kier alpha value is -2.15. The number of methoxy groups -OCH3 is 1. The van der Waals surface area contributed by atoms with Crippen LogP contribution in [0.5, 0.6) is 0 Å². The third kappa shape index (κ3) is 2.82. The Morgan fingerprint density at radius 1 is 1.52 bits per heavy atom. The third-order valence-corrected chi connectivity index (χ3v) is 4.32. The number of thiazole rings is 1. The molecule has 0 spiro atoms. The largest absolute Gasteiger partial charge is 0.464 e. The number of aromatic nitrogens is 2. The fourth-order valence-corrected chi connectivity index (χ4v) is 2.84. The second-order valence-electron chi connectivity index (χ2n) is 5.14. The number of amides is 1. The van der Waals surface area contributed by atoms with Gasteiger partial charge in [0.2, 0.25) is 5.91 Å². The molecule has 0 unspecified atom stereocenters. The number of carbonyl (C=O) groups is 2. The monoisotopic (exact) mass is 305 g/mol. The third-order valence-electron chi connectivity index (χ3n) is 3.56. The lowest BCUT2D eigenvalue weighted by Gasteiger charge is -1.98. The van der Waals surface area contributed by atoms with E-state index in [-0.39, 0.29) is 11.8 Å². The standard InChI is InChI=1S/C14H15N3O3S/c1-7-3-9(7)12(18)17-14-16-11(6-21-14)8-4-10(15-5-8)13(19)20-2/h4-7,9,15H,3H2,1-2H3,(H,16,17,18)/t7-,9+/m0/s1. The molecule has 0 radical (unpaired) electrons. The highest BCUT2D eigenvalue weighted by Gasteiger charge is 2.39. The molecule has 1 aliphatic carbocycles. The quantitative estimate of drug-likeness (QED) is 0.850. The number of rotatable bonds is 4. The Morgan fingerprint density at radius 2 is 2.29 bits per heavy atom. The van der Waals surface area contributed by atoms with Crippen molar-refractivity contribution in [2.24, 2.45) is 11.8 Å². The van der Waals surface area contributed by atoms with Crippen LogP contribution in [-0.4, -0.2) is 29.0 Å². The summed E-state index contributed by atoms with van der Waals surface area (Å²) in [5.74, 6) is 0.202. The van der Waals surface area contributed by atoms with Gasteiger partial charge >= 0.3 is 5.97 Å². The van der Waals surface area contributed by atoms with Crippen LogP contribution in [0, 0.1) is 11.8 Å². The van der Waals surface area contributed by atoms with Crippen molar-refractivity contribution < 1.29 is 14.3 Å². The number of hydrogen-bond acceptors (Lipinski definition) is 5. The van der Waals surface area contributed by atoms with Crippen molar-refractivity contribution in [2.75, 3.05) is 12.4 Å². The highest BCUT2D eigenvalue weighted by atomic mass is 32.1. The number of esters is 1. The van der Waals surface area contributed by atoms with Crippen molar-refractivity contribution in [3.63, 3.8) is 0 Å². The maximum absolute atomic E-state index is 11.9. The predicted octanol–water partition coefficient (Wildman–Crippen LogP) is 2.52. The first kappa shape index (κ1) is 13.8. The van der Waals surface area contributed by atoms with Crippen LogP contribution in [0.2, 0.25) is 0 Å². The lowest BCUT2D eigenvalue weighted by molar-refractivity contribution is -0.117. The molecule has 2 N–H and O–H groups in total. The molecule has 2 atom stereocenters. The van der Waals surface area contributed by atoms with Gasteiger partial charge in [-0.05, 0) is 18.4 Å². The minimum absolute atomic E-state index is 0.0349. The molecule has 6 nitrogen and oxygen atoms in total. The fourth-order valence-electron chi connectivity index (χ4n) is 2.12. The highest BCUT2D eigenvalue weighted by molar-refractivity contribution is 7.14. The molecule has 0 aromatic carbocycles. The normalized spacial score (nSPS) is 20.1. The smallest absolute Gasteiger partial charge is 0.354 e. The van der Waals surface area contributed by atoms with E-state index in [0.717, 1.165) is 12.0 Å². The van der Waals surface area contributed by atoms with Gasteiger partial charge in [0.05, 0.1) is 12.8 Å². The van der Waals surface area contributed by atoms with E-state index in [1.165, 1.54) is 18.4 Å². The molecule has 0 bridgehead atoms. The molecule has 2 aromatic rings. The maximum atomic E-state index is 11.9. The molecule has 2 heterocycles. The molecule has 110 valence electrons. The van der Waals surface area contributed by atoms with Gasteiger partial charge in [-0.25, -0.2) is 9.78 Å². The number of hydrogen-bond donors (Lipinski definition) is 2. The Labute approximate surface area is 125 Å². The maximum Gasteiger partial charge on any atom is 0.354 e. The van der Waals surface area contributed by atoms with E-state index in [0.29, 0.717) is 22.4 Å². The van der Waals surface area contributed by atoms with Crippen molar-refractivity contribution in [2.45, 2.75) is 13.3 Å². The van der Waals surface area contributed by atoms with Crippen LogP contribution in [0.4, 0.5) is 5.13 Å². The number of aromatic amines is 1. The summed E-state index contributed by atoms with van der Waals surface area (Å²) in [5, 5.41) is 5.25. The van der Waals surface area contributed by atoms with Crippen molar-refractivity contribution >= 4 is 28.3 Å². The SMILES string of the molecule is COC(=O)c1cc(-c2csc(NC(=O)[C@@H]3C[C@@H]3C)n2)c[nH]1. The van der Waals surface area contributed by atoms with Gasteiger partial charge in [0.25, 0.3) is 0 Å². The number of H-pyrrole nitrogens is 1. The highest BCUT2D eigenvalue weighted by Crippen LogP contribution is 2.38. The Bertz CT molecular complexity index is 691. The van der Waals surface area contributed by atoms with E-state index in [1.54, 1.807) is 12.3 Å². The first-order valence-corrected chi connectivity index (χ1v) is 7.50. The molecule has 1 amide bonds. The predicted molar refractivity (Wildman–Crippen MR) is 79.1 cm³/mol. The number of nitrogens with zero attached hydrogens (tertiary/aromatic N) is 1. The van der Waals surface area contributed by atoms with Crippen molar-refractivity contribution in [1.29, 1.82) is 0 Å². The molecule has 2 aromatic heterocycles. The van der Waals surface area contributed by atoms with E-state index in [2.05, 4.69) is 26.9 Å². The molecular weight excluding hydrogens is 290 g/mol. The topological polar surface area (TPSA) is 84.1 Å². The number of carbonyl (C=O) groups excluding carboxylic acids is 2. The summed E-state index contributed by atoms with van der Waals surface area (Å²) >= 11 is 1.37. The zero-order chi connectivity index (χ0) is 15.0. The molecule has 1 saturated carbocycles. The van der Waals surface area contributed by atoms with Gasteiger partial charge in [-0.1, -0.05) is 6.92 Å². The van der Waals surface area contributed by atoms with Crippen LogP contribution in [-0.2, 0) is 9.53 Å². The molecule has 1 aliphatic rings. The lowest BCUT2D eigenvalue weighted by Crippen LogP contribution is -2.14. The van der Waals surface area contributed by atoms with Crippen molar-refractivity contribution in [3.8, 4) is 11.3 Å².